The Morgan fingerprint density at radius 3 is 2.93 bits per heavy atom. The maximum atomic E-state index is 12.5. The van der Waals surface area contributed by atoms with Crippen molar-refractivity contribution in [2.45, 2.75) is 19.5 Å². The number of hydrogen-bond acceptors (Lipinski definition) is 2. The van der Waals surface area contributed by atoms with Crippen LogP contribution in [0.1, 0.15) is 12.5 Å². The van der Waals surface area contributed by atoms with Gasteiger partial charge in [0, 0.05) is 19.2 Å². The first-order valence-corrected chi connectivity index (χ1v) is 4.48. The van der Waals surface area contributed by atoms with Crippen LogP contribution in [0.25, 0.3) is 0 Å². The van der Waals surface area contributed by atoms with Gasteiger partial charge < -0.3 is 10.1 Å². The third kappa shape index (κ3) is 1.95. The Kier molecular flexibility index (Phi) is 2.06. The molecule has 0 atom stereocenters. The van der Waals surface area contributed by atoms with E-state index in [1.54, 1.807) is 18.2 Å². The lowest BCUT2D eigenvalue weighted by Crippen LogP contribution is -2.19. The summed E-state index contributed by atoms with van der Waals surface area (Å²) in [5, 5.41) is 3.15. The van der Waals surface area contributed by atoms with Crippen LogP contribution in [-0.4, -0.2) is 12.7 Å². The van der Waals surface area contributed by atoms with Crippen molar-refractivity contribution in [1.82, 2.24) is 0 Å². The molecule has 1 aromatic rings. The molecule has 1 heterocycles. The van der Waals surface area contributed by atoms with Crippen molar-refractivity contribution in [3.8, 4) is 5.75 Å². The van der Waals surface area contributed by atoms with E-state index in [1.165, 1.54) is 0 Å². The molecular formula is C10H11F2NO. The van der Waals surface area contributed by atoms with Crippen LogP contribution < -0.4 is 10.1 Å². The van der Waals surface area contributed by atoms with E-state index in [0.717, 1.165) is 31.1 Å². The number of hydrogen-bond donors (Lipinski definition) is 1. The molecule has 0 aliphatic carbocycles. The van der Waals surface area contributed by atoms with Gasteiger partial charge in [-0.05, 0) is 30.2 Å². The number of fused-ring (bicyclic) bond motifs is 1. The zero-order valence-electron chi connectivity index (χ0n) is 7.81. The fourth-order valence-electron chi connectivity index (χ4n) is 1.55. The van der Waals surface area contributed by atoms with Gasteiger partial charge >= 0.3 is 6.11 Å². The molecule has 0 spiro atoms. The molecule has 4 heteroatoms. The number of halogens is 2. The minimum absolute atomic E-state index is 0.222. The number of anilines is 1. The topological polar surface area (TPSA) is 21.3 Å². The van der Waals surface area contributed by atoms with Gasteiger partial charge in [-0.15, -0.1) is 0 Å². The molecule has 0 unspecified atom stereocenters. The Labute approximate surface area is 80.9 Å². The second kappa shape index (κ2) is 3.12. The molecule has 2 rings (SSSR count). The lowest BCUT2D eigenvalue weighted by molar-refractivity contribution is -0.158. The number of benzene rings is 1. The van der Waals surface area contributed by atoms with Crippen molar-refractivity contribution in [2.24, 2.45) is 0 Å². The van der Waals surface area contributed by atoms with E-state index in [2.05, 4.69) is 10.1 Å². The van der Waals surface area contributed by atoms with Gasteiger partial charge in [-0.2, -0.15) is 8.78 Å². The SMILES string of the molecule is CC(F)(F)Oc1ccc2c(c1)CCN2. The quantitative estimate of drug-likeness (QED) is 0.790. The first kappa shape index (κ1) is 9.24. The molecule has 0 saturated heterocycles. The summed E-state index contributed by atoms with van der Waals surface area (Å²) in [6.07, 6.45) is -2.25. The van der Waals surface area contributed by atoms with Crippen LogP contribution in [0.3, 0.4) is 0 Å². The van der Waals surface area contributed by atoms with Gasteiger partial charge in [-0.1, -0.05) is 0 Å². The highest BCUT2D eigenvalue weighted by atomic mass is 19.3. The summed E-state index contributed by atoms with van der Waals surface area (Å²) in [6.45, 7) is 1.60. The standard InChI is InChI=1S/C10H11F2NO/c1-10(11,12)14-8-2-3-9-7(6-8)4-5-13-9/h2-3,6,13H,4-5H2,1H3. The smallest absolute Gasteiger partial charge is 0.394 e. The van der Waals surface area contributed by atoms with Crippen LogP contribution in [0.2, 0.25) is 0 Å². The first-order valence-electron chi connectivity index (χ1n) is 4.48. The zero-order chi connectivity index (χ0) is 10.2. The van der Waals surface area contributed by atoms with Crippen molar-refractivity contribution < 1.29 is 13.5 Å². The highest BCUT2D eigenvalue weighted by molar-refractivity contribution is 5.57. The van der Waals surface area contributed by atoms with Crippen LogP contribution in [0, 0.1) is 0 Å². The van der Waals surface area contributed by atoms with Gasteiger partial charge in [0.15, 0.2) is 0 Å². The molecule has 0 radical (unpaired) electrons. The molecule has 14 heavy (non-hydrogen) atoms. The Bertz CT molecular complexity index is 346. The predicted molar refractivity (Wildman–Crippen MR) is 49.9 cm³/mol. The van der Waals surface area contributed by atoms with E-state index >= 15 is 0 Å². The fourth-order valence-corrected chi connectivity index (χ4v) is 1.55. The Balaban J connectivity index is 2.21. The molecule has 76 valence electrons. The summed E-state index contributed by atoms with van der Waals surface area (Å²) >= 11 is 0. The Hall–Kier alpha value is -1.32. The van der Waals surface area contributed by atoms with Crippen LogP contribution in [0.5, 0.6) is 5.75 Å². The molecule has 1 aliphatic rings. The van der Waals surface area contributed by atoms with Crippen molar-refractivity contribution >= 4 is 5.69 Å². The second-order valence-electron chi connectivity index (χ2n) is 3.41. The monoisotopic (exact) mass is 199 g/mol. The third-order valence-corrected chi connectivity index (χ3v) is 2.08. The maximum Gasteiger partial charge on any atom is 0.394 e. The van der Waals surface area contributed by atoms with E-state index in [4.69, 9.17) is 0 Å². The van der Waals surface area contributed by atoms with Gasteiger partial charge in [-0.3, -0.25) is 0 Å². The summed E-state index contributed by atoms with van der Waals surface area (Å²) in [6, 6.07) is 4.98. The fraction of sp³-hybridized carbons (Fsp3) is 0.400. The summed E-state index contributed by atoms with van der Waals surface area (Å²) in [5.41, 5.74) is 2.04. The van der Waals surface area contributed by atoms with Crippen LogP contribution in [-0.2, 0) is 6.42 Å². The summed E-state index contributed by atoms with van der Waals surface area (Å²) in [7, 11) is 0. The lowest BCUT2D eigenvalue weighted by atomic mass is 10.1. The zero-order valence-corrected chi connectivity index (χ0v) is 7.81. The van der Waals surface area contributed by atoms with Crippen molar-refractivity contribution in [3.63, 3.8) is 0 Å². The molecule has 1 aliphatic heterocycles. The highest BCUT2D eigenvalue weighted by Gasteiger charge is 2.23. The first-order chi connectivity index (χ1) is 6.54. The largest absolute Gasteiger partial charge is 0.433 e. The van der Waals surface area contributed by atoms with Gasteiger partial charge in [0.25, 0.3) is 0 Å². The Morgan fingerprint density at radius 1 is 1.43 bits per heavy atom. The lowest BCUT2D eigenvalue weighted by Gasteiger charge is -2.13. The van der Waals surface area contributed by atoms with Crippen LogP contribution in [0.4, 0.5) is 14.5 Å². The molecule has 1 aromatic carbocycles. The minimum atomic E-state index is -3.11. The third-order valence-electron chi connectivity index (χ3n) is 2.08. The van der Waals surface area contributed by atoms with Crippen molar-refractivity contribution in [2.75, 3.05) is 11.9 Å². The van der Waals surface area contributed by atoms with E-state index < -0.39 is 6.11 Å². The number of alkyl halides is 2. The minimum Gasteiger partial charge on any atom is -0.433 e. The summed E-state index contributed by atoms with van der Waals surface area (Å²) in [4.78, 5) is 0. The molecule has 0 bridgehead atoms. The van der Waals surface area contributed by atoms with Crippen LogP contribution >= 0.6 is 0 Å². The maximum absolute atomic E-state index is 12.5. The molecule has 0 saturated carbocycles. The average Bonchev–Trinajstić information content (AvgIpc) is 2.47. The van der Waals surface area contributed by atoms with Gasteiger partial charge in [-0.25, -0.2) is 0 Å². The molecular weight excluding hydrogens is 188 g/mol. The van der Waals surface area contributed by atoms with Crippen molar-refractivity contribution in [3.05, 3.63) is 23.8 Å². The van der Waals surface area contributed by atoms with Crippen molar-refractivity contribution in [1.29, 1.82) is 0 Å². The molecule has 2 nitrogen and oxygen atoms in total. The van der Waals surface area contributed by atoms with E-state index in [0.29, 0.717) is 0 Å². The van der Waals surface area contributed by atoms with Crippen LogP contribution in [0.15, 0.2) is 18.2 Å². The van der Waals surface area contributed by atoms with Gasteiger partial charge in [0.1, 0.15) is 5.75 Å². The van der Waals surface area contributed by atoms with E-state index in [9.17, 15) is 8.78 Å². The van der Waals surface area contributed by atoms with Gasteiger partial charge in [0.05, 0.1) is 0 Å². The Morgan fingerprint density at radius 2 is 2.21 bits per heavy atom. The van der Waals surface area contributed by atoms with Gasteiger partial charge in [0.2, 0.25) is 0 Å². The number of rotatable bonds is 2. The second-order valence-corrected chi connectivity index (χ2v) is 3.41. The normalized spacial score (nSPS) is 14.8. The van der Waals surface area contributed by atoms with E-state index in [1.807, 2.05) is 0 Å². The summed E-state index contributed by atoms with van der Waals surface area (Å²) < 4.78 is 29.5. The highest BCUT2D eigenvalue weighted by Crippen LogP contribution is 2.29. The predicted octanol–water partition coefficient (Wildman–Crippen LogP) is 2.65. The summed E-state index contributed by atoms with van der Waals surface area (Å²) in [5.74, 6) is 0.222. The molecule has 0 amide bonds. The molecule has 1 N–H and O–H groups in total. The number of ether oxygens (including phenoxy) is 1. The molecule has 0 fully saturated rings. The average molecular weight is 199 g/mol. The van der Waals surface area contributed by atoms with E-state index in [-0.39, 0.29) is 5.75 Å². The molecule has 0 aromatic heterocycles. The number of nitrogens with one attached hydrogen (secondary N) is 1.